The molecule has 0 radical (unpaired) electrons. The fourth-order valence-electron chi connectivity index (χ4n) is 4.16. The summed E-state index contributed by atoms with van der Waals surface area (Å²) in [7, 11) is 0. The van der Waals surface area contributed by atoms with Crippen LogP contribution in [0, 0.1) is 0 Å². The van der Waals surface area contributed by atoms with Crippen LogP contribution >= 0.6 is 0 Å². The maximum atomic E-state index is 12.7. The Morgan fingerprint density at radius 1 is 0.893 bits per heavy atom. The van der Waals surface area contributed by atoms with E-state index in [1.807, 2.05) is 35.2 Å². The van der Waals surface area contributed by atoms with Gasteiger partial charge in [-0.05, 0) is 61.9 Å². The molecule has 146 valence electrons. The Labute approximate surface area is 166 Å². The van der Waals surface area contributed by atoms with E-state index in [0.29, 0.717) is 17.8 Å². The van der Waals surface area contributed by atoms with Gasteiger partial charge in [0.25, 0.3) is 5.91 Å². The van der Waals surface area contributed by atoms with Crippen LogP contribution in [0.3, 0.4) is 0 Å². The summed E-state index contributed by atoms with van der Waals surface area (Å²) in [4.78, 5) is 29.4. The molecule has 28 heavy (non-hydrogen) atoms. The van der Waals surface area contributed by atoms with Crippen molar-refractivity contribution in [2.45, 2.75) is 32.1 Å². The molecular weight excluding hydrogens is 350 g/mol. The van der Waals surface area contributed by atoms with Crippen LogP contribution in [0.15, 0.2) is 48.5 Å². The van der Waals surface area contributed by atoms with Gasteiger partial charge >= 0.3 is 0 Å². The van der Waals surface area contributed by atoms with Crippen molar-refractivity contribution in [3.05, 3.63) is 59.7 Å². The van der Waals surface area contributed by atoms with Gasteiger partial charge in [0.05, 0.1) is 6.54 Å². The van der Waals surface area contributed by atoms with Crippen LogP contribution in [0.5, 0.6) is 0 Å². The Kier molecular flexibility index (Phi) is 5.60. The molecule has 5 nitrogen and oxygen atoms in total. The van der Waals surface area contributed by atoms with Gasteiger partial charge in [0, 0.05) is 36.6 Å². The van der Waals surface area contributed by atoms with E-state index in [4.69, 9.17) is 0 Å². The third kappa shape index (κ3) is 4.19. The molecule has 0 bridgehead atoms. The van der Waals surface area contributed by atoms with Crippen LogP contribution in [0.25, 0.3) is 0 Å². The van der Waals surface area contributed by atoms with E-state index in [2.05, 4.69) is 22.3 Å². The lowest BCUT2D eigenvalue weighted by molar-refractivity contribution is -0.115. The van der Waals surface area contributed by atoms with Gasteiger partial charge < -0.3 is 15.1 Å². The maximum absolute atomic E-state index is 12.7. The molecule has 2 aliphatic rings. The molecule has 2 heterocycles. The average Bonchev–Trinajstić information content (AvgIpc) is 2.74. The number of likely N-dealkylation sites (tertiary alicyclic amines) is 1. The first-order valence-corrected chi connectivity index (χ1v) is 10.2. The van der Waals surface area contributed by atoms with Crippen molar-refractivity contribution >= 4 is 23.2 Å². The van der Waals surface area contributed by atoms with Crippen LogP contribution in [0.1, 0.15) is 41.6 Å². The number of nitrogens with zero attached hydrogens (tertiary/aromatic N) is 2. The highest BCUT2D eigenvalue weighted by Gasteiger charge is 2.20. The minimum Gasteiger partial charge on any atom is -0.362 e. The average molecular weight is 377 g/mol. The highest BCUT2D eigenvalue weighted by atomic mass is 16.2. The first-order valence-electron chi connectivity index (χ1n) is 10.2. The van der Waals surface area contributed by atoms with Gasteiger partial charge in [0.2, 0.25) is 5.91 Å². The van der Waals surface area contributed by atoms with Crippen LogP contribution in [0.4, 0.5) is 11.4 Å². The molecule has 5 heteroatoms. The second kappa shape index (κ2) is 8.46. The summed E-state index contributed by atoms with van der Waals surface area (Å²) in [5.41, 5.74) is 3.77. The summed E-state index contributed by atoms with van der Waals surface area (Å²) in [5.74, 6) is 0.0000291. The maximum Gasteiger partial charge on any atom is 0.253 e. The van der Waals surface area contributed by atoms with E-state index in [0.717, 1.165) is 51.0 Å². The van der Waals surface area contributed by atoms with Gasteiger partial charge in [-0.2, -0.15) is 0 Å². The number of hydrogen-bond donors (Lipinski definition) is 1. The third-order valence-electron chi connectivity index (χ3n) is 5.58. The Hall–Kier alpha value is -2.82. The number of para-hydroxylation sites is 1. The molecule has 0 unspecified atom stereocenters. The fraction of sp³-hybridized carbons (Fsp3) is 0.391. The molecular formula is C23H27N3O2. The molecule has 0 aliphatic carbocycles. The minimum absolute atomic E-state index is 0.0562. The molecule has 1 saturated heterocycles. The fourth-order valence-corrected chi connectivity index (χ4v) is 4.16. The first-order chi connectivity index (χ1) is 13.7. The summed E-state index contributed by atoms with van der Waals surface area (Å²) in [5, 5.41) is 2.97. The van der Waals surface area contributed by atoms with E-state index >= 15 is 0 Å². The zero-order valence-corrected chi connectivity index (χ0v) is 16.2. The Morgan fingerprint density at radius 3 is 2.57 bits per heavy atom. The van der Waals surface area contributed by atoms with Crippen LogP contribution in [-0.4, -0.2) is 42.9 Å². The van der Waals surface area contributed by atoms with Gasteiger partial charge in [0.15, 0.2) is 0 Å². The molecule has 1 N–H and O–H groups in total. The van der Waals surface area contributed by atoms with Gasteiger partial charge in [-0.25, -0.2) is 0 Å². The van der Waals surface area contributed by atoms with E-state index in [1.165, 1.54) is 12.0 Å². The van der Waals surface area contributed by atoms with Crippen molar-refractivity contribution < 1.29 is 9.59 Å². The highest BCUT2D eigenvalue weighted by Crippen LogP contribution is 2.26. The molecule has 2 aliphatic heterocycles. The monoisotopic (exact) mass is 377 g/mol. The topological polar surface area (TPSA) is 52.7 Å². The smallest absolute Gasteiger partial charge is 0.253 e. The predicted octanol–water partition coefficient (Wildman–Crippen LogP) is 3.70. The summed E-state index contributed by atoms with van der Waals surface area (Å²) in [6.45, 7) is 2.85. The summed E-state index contributed by atoms with van der Waals surface area (Å²) < 4.78 is 0. The molecule has 0 spiro atoms. The number of fused-ring (bicyclic) bond motifs is 1. The molecule has 2 amide bonds. The van der Waals surface area contributed by atoms with Crippen molar-refractivity contribution in [3.63, 3.8) is 0 Å². The Bertz CT molecular complexity index is 858. The van der Waals surface area contributed by atoms with Crippen LogP contribution in [0.2, 0.25) is 0 Å². The highest BCUT2D eigenvalue weighted by molar-refractivity contribution is 5.98. The number of carbonyl (C=O) groups is 2. The zero-order valence-electron chi connectivity index (χ0n) is 16.2. The molecule has 4 rings (SSSR count). The zero-order chi connectivity index (χ0) is 19.3. The SMILES string of the molecule is O=C(CN1CCCc2ccccc21)Nc1cccc(C(=O)N2CCCCC2)c1. The molecule has 2 aromatic rings. The number of hydrogen-bond acceptors (Lipinski definition) is 3. The van der Waals surface area contributed by atoms with Crippen LogP contribution < -0.4 is 10.2 Å². The molecule has 0 saturated carbocycles. The number of amides is 2. The van der Waals surface area contributed by atoms with Crippen LogP contribution in [-0.2, 0) is 11.2 Å². The first kappa shape index (κ1) is 18.5. The van der Waals surface area contributed by atoms with Gasteiger partial charge in [-0.15, -0.1) is 0 Å². The number of aryl methyl sites for hydroxylation is 1. The molecule has 2 aromatic carbocycles. The summed E-state index contributed by atoms with van der Waals surface area (Å²) in [6.07, 6.45) is 5.46. The second-order valence-corrected chi connectivity index (χ2v) is 7.64. The van der Waals surface area contributed by atoms with E-state index < -0.39 is 0 Å². The molecule has 1 fully saturated rings. The van der Waals surface area contributed by atoms with E-state index in [9.17, 15) is 9.59 Å². The van der Waals surface area contributed by atoms with Crippen molar-refractivity contribution in [1.29, 1.82) is 0 Å². The summed E-state index contributed by atoms with van der Waals surface area (Å²) >= 11 is 0. The standard InChI is InChI=1S/C23H27N3O2/c27-22(17-26-15-7-10-18-8-2-3-12-21(18)26)24-20-11-6-9-19(16-20)23(28)25-13-4-1-5-14-25/h2-3,6,8-9,11-12,16H,1,4-5,7,10,13-15,17H2,(H,24,27). The quantitative estimate of drug-likeness (QED) is 0.884. The van der Waals surface area contributed by atoms with E-state index in [1.54, 1.807) is 6.07 Å². The van der Waals surface area contributed by atoms with Crippen molar-refractivity contribution in [3.8, 4) is 0 Å². The second-order valence-electron chi connectivity index (χ2n) is 7.64. The van der Waals surface area contributed by atoms with Gasteiger partial charge in [-0.1, -0.05) is 24.3 Å². The lowest BCUT2D eigenvalue weighted by atomic mass is 10.0. The molecule has 0 aromatic heterocycles. The third-order valence-corrected chi connectivity index (χ3v) is 5.58. The Morgan fingerprint density at radius 2 is 1.71 bits per heavy atom. The Balaban J connectivity index is 1.41. The minimum atomic E-state index is -0.0562. The van der Waals surface area contributed by atoms with Crippen molar-refractivity contribution in [2.24, 2.45) is 0 Å². The number of benzene rings is 2. The number of nitrogens with one attached hydrogen (secondary N) is 1. The largest absolute Gasteiger partial charge is 0.362 e. The normalized spacial score (nSPS) is 16.4. The summed E-state index contributed by atoms with van der Waals surface area (Å²) in [6, 6.07) is 15.6. The van der Waals surface area contributed by atoms with E-state index in [-0.39, 0.29) is 11.8 Å². The van der Waals surface area contributed by atoms with Gasteiger partial charge in [0.1, 0.15) is 0 Å². The van der Waals surface area contributed by atoms with Gasteiger partial charge in [-0.3, -0.25) is 9.59 Å². The molecule has 0 atom stereocenters. The number of rotatable bonds is 4. The van der Waals surface area contributed by atoms with Crippen molar-refractivity contribution in [2.75, 3.05) is 36.4 Å². The lowest BCUT2D eigenvalue weighted by Crippen LogP contribution is -2.37. The number of carbonyl (C=O) groups excluding carboxylic acids is 2. The lowest BCUT2D eigenvalue weighted by Gasteiger charge is -2.30. The number of anilines is 2. The predicted molar refractivity (Wildman–Crippen MR) is 112 cm³/mol. The van der Waals surface area contributed by atoms with Crippen molar-refractivity contribution in [1.82, 2.24) is 4.90 Å². The number of piperidine rings is 1.